The second-order valence-electron chi connectivity index (χ2n) is 4.66. The van der Waals surface area contributed by atoms with E-state index in [1.807, 2.05) is 0 Å². The highest BCUT2D eigenvalue weighted by Crippen LogP contribution is 2.27. The lowest BCUT2D eigenvalue weighted by Gasteiger charge is -2.29. The standard InChI is InChI=1S/C12H18ClN5O/c1-3-12(4-2,6-19)5-14-9-8-10(16-7-15-8)18-11(13)17-9/h7,19H,3-6H2,1-2H3,(H2,14,15,16,17,18). The monoisotopic (exact) mass is 283 g/mol. The Morgan fingerprint density at radius 3 is 2.74 bits per heavy atom. The summed E-state index contributed by atoms with van der Waals surface area (Å²) in [4.78, 5) is 15.2. The first kappa shape index (κ1) is 14.0. The zero-order chi connectivity index (χ0) is 13.9. The minimum absolute atomic E-state index is 0.137. The van der Waals surface area contributed by atoms with Crippen molar-refractivity contribution >= 4 is 28.6 Å². The largest absolute Gasteiger partial charge is 0.396 e. The van der Waals surface area contributed by atoms with E-state index in [1.54, 1.807) is 6.33 Å². The van der Waals surface area contributed by atoms with Crippen LogP contribution in [0.2, 0.25) is 5.28 Å². The average molecular weight is 284 g/mol. The van der Waals surface area contributed by atoms with Crippen molar-refractivity contribution in [3.05, 3.63) is 11.6 Å². The van der Waals surface area contributed by atoms with Crippen LogP contribution in [-0.2, 0) is 0 Å². The van der Waals surface area contributed by atoms with Crippen molar-refractivity contribution in [3.63, 3.8) is 0 Å². The summed E-state index contributed by atoms with van der Waals surface area (Å²) in [6.07, 6.45) is 3.33. The van der Waals surface area contributed by atoms with Crippen LogP contribution in [0.15, 0.2) is 6.33 Å². The molecule has 0 aliphatic carbocycles. The molecule has 0 aliphatic rings. The third-order valence-electron chi connectivity index (χ3n) is 3.72. The Labute approximate surface area is 116 Å². The van der Waals surface area contributed by atoms with Gasteiger partial charge in [-0.15, -0.1) is 0 Å². The van der Waals surface area contributed by atoms with Crippen molar-refractivity contribution in [2.75, 3.05) is 18.5 Å². The maximum Gasteiger partial charge on any atom is 0.226 e. The molecule has 0 unspecified atom stereocenters. The van der Waals surface area contributed by atoms with Gasteiger partial charge in [-0.05, 0) is 24.4 Å². The summed E-state index contributed by atoms with van der Waals surface area (Å²) < 4.78 is 0. The molecule has 0 fully saturated rings. The molecule has 0 bridgehead atoms. The number of rotatable bonds is 6. The van der Waals surface area contributed by atoms with Crippen LogP contribution in [0, 0.1) is 5.41 Å². The molecule has 7 heteroatoms. The van der Waals surface area contributed by atoms with E-state index in [1.165, 1.54) is 0 Å². The van der Waals surface area contributed by atoms with Gasteiger partial charge in [0.1, 0.15) is 5.52 Å². The highest BCUT2D eigenvalue weighted by Gasteiger charge is 2.25. The lowest BCUT2D eigenvalue weighted by molar-refractivity contribution is 0.127. The van der Waals surface area contributed by atoms with Gasteiger partial charge in [0.2, 0.25) is 5.28 Å². The van der Waals surface area contributed by atoms with Gasteiger partial charge in [0.05, 0.1) is 12.9 Å². The summed E-state index contributed by atoms with van der Waals surface area (Å²) in [5, 5.41) is 13.0. The fourth-order valence-electron chi connectivity index (χ4n) is 1.99. The van der Waals surface area contributed by atoms with Crippen molar-refractivity contribution in [2.45, 2.75) is 26.7 Å². The molecule has 6 nitrogen and oxygen atoms in total. The fraction of sp³-hybridized carbons (Fsp3) is 0.583. The molecule has 2 aromatic heterocycles. The average Bonchev–Trinajstić information content (AvgIpc) is 2.88. The molecule has 2 rings (SSSR count). The summed E-state index contributed by atoms with van der Waals surface area (Å²) in [6.45, 7) is 4.90. The number of aromatic nitrogens is 4. The van der Waals surface area contributed by atoms with E-state index < -0.39 is 0 Å². The number of fused-ring (bicyclic) bond motifs is 1. The maximum atomic E-state index is 9.56. The third-order valence-corrected chi connectivity index (χ3v) is 3.89. The summed E-state index contributed by atoms with van der Waals surface area (Å²) in [7, 11) is 0. The molecule has 2 aromatic rings. The maximum absolute atomic E-state index is 9.56. The van der Waals surface area contributed by atoms with E-state index in [9.17, 15) is 5.11 Å². The van der Waals surface area contributed by atoms with Crippen molar-refractivity contribution in [2.24, 2.45) is 5.41 Å². The molecule has 0 aromatic carbocycles. The molecule has 0 saturated heterocycles. The first-order chi connectivity index (χ1) is 9.14. The number of hydrogen-bond acceptors (Lipinski definition) is 5. The van der Waals surface area contributed by atoms with Gasteiger partial charge in [0.15, 0.2) is 11.5 Å². The third kappa shape index (κ3) is 2.79. The Morgan fingerprint density at radius 1 is 1.37 bits per heavy atom. The van der Waals surface area contributed by atoms with E-state index in [2.05, 4.69) is 39.1 Å². The molecule has 0 spiro atoms. The molecule has 0 aliphatic heterocycles. The Hall–Kier alpha value is -1.40. The van der Waals surface area contributed by atoms with Crippen LogP contribution in [0.4, 0.5) is 5.82 Å². The number of anilines is 1. The quantitative estimate of drug-likeness (QED) is 0.708. The Balaban J connectivity index is 2.24. The van der Waals surface area contributed by atoms with Gasteiger partial charge in [-0.25, -0.2) is 4.98 Å². The van der Waals surface area contributed by atoms with Crippen LogP contribution >= 0.6 is 11.6 Å². The SMILES string of the molecule is CCC(CC)(CO)CNc1nc(Cl)nc2nc[nH]c12. The van der Waals surface area contributed by atoms with Gasteiger partial charge >= 0.3 is 0 Å². The number of nitrogens with one attached hydrogen (secondary N) is 2. The van der Waals surface area contributed by atoms with Crippen molar-refractivity contribution in [1.82, 2.24) is 19.9 Å². The van der Waals surface area contributed by atoms with Gasteiger partial charge in [0.25, 0.3) is 0 Å². The van der Waals surface area contributed by atoms with E-state index in [0.29, 0.717) is 18.0 Å². The number of nitrogens with zero attached hydrogens (tertiary/aromatic N) is 3. The van der Waals surface area contributed by atoms with Crippen LogP contribution in [-0.4, -0.2) is 38.2 Å². The zero-order valence-corrected chi connectivity index (χ0v) is 11.8. The first-order valence-corrected chi connectivity index (χ1v) is 6.73. The smallest absolute Gasteiger partial charge is 0.226 e. The Kier molecular flexibility index (Phi) is 4.21. The topological polar surface area (TPSA) is 86.7 Å². The lowest BCUT2D eigenvalue weighted by atomic mass is 9.83. The Morgan fingerprint density at radius 2 is 2.11 bits per heavy atom. The number of hydrogen-bond donors (Lipinski definition) is 3. The predicted octanol–water partition coefficient (Wildman–Crippen LogP) is 2.22. The Bertz CT molecular complexity index is 544. The number of H-pyrrole nitrogens is 1. The van der Waals surface area contributed by atoms with Gasteiger partial charge in [-0.3, -0.25) is 0 Å². The second kappa shape index (κ2) is 5.71. The molecular weight excluding hydrogens is 266 g/mol. The number of aliphatic hydroxyl groups excluding tert-OH is 1. The first-order valence-electron chi connectivity index (χ1n) is 6.35. The van der Waals surface area contributed by atoms with E-state index in [4.69, 9.17) is 11.6 Å². The number of aliphatic hydroxyl groups is 1. The van der Waals surface area contributed by atoms with Gasteiger partial charge in [0, 0.05) is 12.0 Å². The normalized spacial score (nSPS) is 12.0. The number of imidazole rings is 1. The van der Waals surface area contributed by atoms with Crippen LogP contribution in [0.1, 0.15) is 26.7 Å². The molecule has 0 radical (unpaired) electrons. The second-order valence-corrected chi connectivity index (χ2v) is 5.00. The van der Waals surface area contributed by atoms with Gasteiger partial charge in [-0.1, -0.05) is 13.8 Å². The van der Waals surface area contributed by atoms with E-state index >= 15 is 0 Å². The molecule has 2 heterocycles. The van der Waals surface area contributed by atoms with Crippen molar-refractivity contribution in [3.8, 4) is 0 Å². The van der Waals surface area contributed by atoms with Crippen molar-refractivity contribution < 1.29 is 5.11 Å². The number of halogens is 1. The molecule has 0 amide bonds. The molecule has 0 atom stereocenters. The van der Waals surface area contributed by atoms with Gasteiger partial charge < -0.3 is 15.4 Å². The molecular formula is C12H18ClN5O. The molecule has 104 valence electrons. The molecule has 3 N–H and O–H groups in total. The van der Waals surface area contributed by atoms with Crippen LogP contribution < -0.4 is 5.32 Å². The predicted molar refractivity (Wildman–Crippen MR) is 75.3 cm³/mol. The minimum atomic E-state index is -0.149. The van der Waals surface area contributed by atoms with Gasteiger partial charge in [-0.2, -0.15) is 9.97 Å². The molecule has 19 heavy (non-hydrogen) atoms. The van der Waals surface area contributed by atoms with Crippen LogP contribution in [0.25, 0.3) is 11.2 Å². The summed E-state index contributed by atoms with van der Waals surface area (Å²) in [5.41, 5.74) is 1.11. The van der Waals surface area contributed by atoms with E-state index in [0.717, 1.165) is 18.4 Å². The summed E-state index contributed by atoms with van der Waals surface area (Å²) in [5.74, 6) is 0.618. The lowest BCUT2D eigenvalue weighted by Crippen LogP contribution is -2.32. The minimum Gasteiger partial charge on any atom is -0.396 e. The van der Waals surface area contributed by atoms with Crippen LogP contribution in [0.5, 0.6) is 0 Å². The van der Waals surface area contributed by atoms with Crippen molar-refractivity contribution in [1.29, 1.82) is 0 Å². The summed E-state index contributed by atoms with van der Waals surface area (Å²) >= 11 is 5.87. The van der Waals surface area contributed by atoms with E-state index in [-0.39, 0.29) is 17.3 Å². The number of aromatic amines is 1. The highest BCUT2D eigenvalue weighted by molar-refractivity contribution is 6.28. The summed E-state index contributed by atoms with van der Waals surface area (Å²) in [6, 6.07) is 0. The fourth-order valence-corrected chi connectivity index (χ4v) is 2.15. The zero-order valence-electron chi connectivity index (χ0n) is 11.1. The van der Waals surface area contributed by atoms with Crippen LogP contribution in [0.3, 0.4) is 0 Å². The highest BCUT2D eigenvalue weighted by atomic mass is 35.5. The molecule has 0 saturated carbocycles.